The van der Waals surface area contributed by atoms with Crippen molar-refractivity contribution < 1.29 is 4.39 Å². The van der Waals surface area contributed by atoms with Gasteiger partial charge in [0.15, 0.2) is 5.65 Å². The molecule has 0 amide bonds. The van der Waals surface area contributed by atoms with Crippen LogP contribution in [0.1, 0.15) is 33.1 Å². The molecule has 0 radical (unpaired) electrons. The Balaban J connectivity index is 2.10. The third kappa shape index (κ3) is 2.03. The summed E-state index contributed by atoms with van der Waals surface area (Å²) in [5.41, 5.74) is 0.786. The molecule has 0 aromatic carbocycles. The van der Waals surface area contributed by atoms with Gasteiger partial charge in [-0.3, -0.25) is 4.68 Å². The van der Waals surface area contributed by atoms with Gasteiger partial charge in [0, 0.05) is 13.1 Å². The zero-order chi connectivity index (χ0) is 14.3. The largest absolute Gasteiger partial charge is 0.348 e. The number of aromatic nitrogens is 4. The Morgan fingerprint density at radius 3 is 2.80 bits per heavy atom. The first-order chi connectivity index (χ1) is 9.59. The minimum atomic E-state index is -0.779. The summed E-state index contributed by atoms with van der Waals surface area (Å²) in [6.45, 7) is 4.16. The molecule has 0 saturated heterocycles. The summed E-state index contributed by atoms with van der Waals surface area (Å²) in [6, 6.07) is 0.1000. The van der Waals surface area contributed by atoms with Crippen LogP contribution in [0.2, 0.25) is 0 Å². The van der Waals surface area contributed by atoms with Gasteiger partial charge in [-0.05, 0) is 33.1 Å². The monoisotopic (exact) mass is 277 g/mol. The van der Waals surface area contributed by atoms with Crippen LogP contribution in [0.15, 0.2) is 12.5 Å². The van der Waals surface area contributed by atoms with Crippen molar-refractivity contribution in [1.82, 2.24) is 19.7 Å². The predicted octanol–water partition coefficient (Wildman–Crippen LogP) is 2.47. The van der Waals surface area contributed by atoms with Gasteiger partial charge in [-0.15, -0.1) is 0 Å². The maximum absolute atomic E-state index is 14.2. The van der Waals surface area contributed by atoms with E-state index in [-0.39, 0.29) is 12.1 Å². The summed E-state index contributed by atoms with van der Waals surface area (Å²) in [7, 11) is 1.85. The first kappa shape index (κ1) is 13.3. The molecule has 3 rings (SSSR count). The molecular formula is C14H20FN5. The van der Waals surface area contributed by atoms with E-state index in [9.17, 15) is 4.39 Å². The molecular weight excluding hydrogens is 257 g/mol. The first-order valence-electron chi connectivity index (χ1n) is 7.14. The molecule has 1 saturated carbocycles. The lowest BCUT2D eigenvalue weighted by Gasteiger charge is -2.35. The maximum Gasteiger partial charge on any atom is 0.163 e. The van der Waals surface area contributed by atoms with Crippen molar-refractivity contribution in [1.29, 1.82) is 0 Å². The molecule has 0 spiro atoms. The molecule has 0 unspecified atom stereocenters. The Morgan fingerprint density at radius 2 is 2.15 bits per heavy atom. The molecule has 1 fully saturated rings. The molecule has 20 heavy (non-hydrogen) atoms. The molecule has 5 nitrogen and oxygen atoms in total. The standard InChI is InChI=1S/C14H20FN5/c1-9(2)20(12-6-4-5-11(12)15)14-10-7-18-19(3)13(10)16-8-17-14/h7-9,11-12H,4-6H2,1-3H3/t11-,12-/m1/s1. The highest BCUT2D eigenvalue weighted by Crippen LogP contribution is 2.33. The van der Waals surface area contributed by atoms with E-state index in [4.69, 9.17) is 0 Å². The number of aryl methyl sites for hydroxylation is 1. The third-order valence-electron chi connectivity index (χ3n) is 4.06. The number of nitrogens with zero attached hydrogens (tertiary/aromatic N) is 5. The number of hydrogen-bond acceptors (Lipinski definition) is 4. The van der Waals surface area contributed by atoms with Gasteiger partial charge in [-0.25, -0.2) is 14.4 Å². The molecule has 0 N–H and O–H groups in total. The first-order valence-corrected chi connectivity index (χ1v) is 7.14. The molecule has 2 aromatic rings. The van der Waals surface area contributed by atoms with E-state index in [1.807, 2.05) is 7.05 Å². The Bertz CT molecular complexity index is 609. The molecule has 1 aliphatic rings. The molecule has 1 aliphatic carbocycles. The molecule has 108 valence electrons. The number of hydrogen-bond donors (Lipinski definition) is 0. The Labute approximate surface area is 117 Å². The highest BCUT2D eigenvalue weighted by Gasteiger charge is 2.35. The maximum atomic E-state index is 14.2. The van der Waals surface area contributed by atoms with Crippen LogP contribution in [0.25, 0.3) is 11.0 Å². The minimum Gasteiger partial charge on any atom is -0.348 e. The summed E-state index contributed by atoms with van der Waals surface area (Å²) < 4.78 is 15.9. The van der Waals surface area contributed by atoms with Crippen molar-refractivity contribution in [3.05, 3.63) is 12.5 Å². The summed E-state index contributed by atoms with van der Waals surface area (Å²) >= 11 is 0. The van der Waals surface area contributed by atoms with E-state index in [1.165, 1.54) is 6.33 Å². The van der Waals surface area contributed by atoms with Gasteiger partial charge in [0.25, 0.3) is 0 Å². The quantitative estimate of drug-likeness (QED) is 0.864. The van der Waals surface area contributed by atoms with Gasteiger partial charge in [-0.2, -0.15) is 5.10 Å². The van der Waals surface area contributed by atoms with E-state index in [0.29, 0.717) is 6.42 Å². The smallest absolute Gasteiger partial charge is 0.163 e. The second-order valence-electron chi connectivity index (χ2n) is 5.72. The van der Waals surface area contributed by atoms with Crippen molar-refractivity contribution in [2.24, 2.45) is 7.05 Å². The molecule has 0 bridgehead atoms. The van der Waals surface area contributed by atoms with Gasteiger partial charge >= 0.3 is 0 Å². The third-order valence-corrected chi connectivity index (χ3v) is 4.06. The van der Waals surface area contributed by atoms with Crippen molar-refractivity contribution in [3.8, 4) is 0 Å². The normalized spacial score (nSPS) is 22.9. The molecule has 0 aliphatic heterocycles. The fourth-order valence-electron chi connectivity index (χ4n) is 3.15. The van der Waals surface area contributed by atoms with E-state index in [0.717, 1.165) is 29.7 Å². The SMILES string of the molecule is CC(C)N(c1ncnc2c1cnn2C)[C@@H]1CCC[C@H]1F. The van der Waals surface area contributed by atoms with Crippen LogP contribution in [-0.4, -0.2) is 38.0 Å². The average Bonchev–Trinajstić information content (AvgIpc) is 2.98. The van der Waals surface area contributed by atoms with Crippen LogP contribution >= 0.6 is 0 Å². The van der Waals surface area contributed by atoms with Crippen LogP contribution in [0, 0.1) is 0 Å². The Kier molecular flexibility index (Phi) is 3.31. The number of alkyl halides is 1. The van der Waals surface area contributed by atoms with Crippen LogP contribution in [0.4, 0.5) is 10.2 Å². The Morgan fingerprint density at radius 1 is 1.35 bits per heavy atom. The number of halogens is 1. The van der Waals surface area contributed by atoms with E-state index < -0.39 is 6.17 Å². The van der Waals surface area contributed by atoms with Crippen molar-refractivity contribution in [2.45, 2.75) is 51.4 Å². The van der Waals surface area contributed by atoms with Crippen LogP contribution in [0.3, 0.4) is 0 Å². The van der Waals surface area contributed by atoms with Gasteiger partial charge in [0.2, 0.25) is 0 Å². The summed E-state index contributed by atoms with van der Waals surface area (Å²) in [4.78, 5) is 10.8. The summed E-state index contributed by atoms with van der Waals surface area (Å²) in [5, 5.41) is 5.13. The lowest BCUT2D eigenvalue weighted by molar-refractivity contribution is 0.295. The topological polar surface area (TPSA) is 46.8 Å². The van der Waals surface area contributed by atoms with Gasteiger partial charge in [-0.1, -0.05) is 0 Å². The van der Waals surface area contributed by atoms with E-state index in [2.05, 4.69) is 33.8 Å². The van der Waals surface area contributed by atoms with Gasteiger partial charge in [0.1, 0.15) is 18.3 Å². The van der Waals surface area contributed by atoms with E-state index >= 15 is 0 Å². The lowest BCUT2D eigenvalue weighted by Crippen LogP contribution is -2.44. The zero-order valence-electron chi connectivity index (χ0n) is 12.1. The predicted molar refractivity (Wildman–Crippen MR) is 76.5 cm³/mol. The van der Waals surface area contributed by atoms with Gasteiger partial charge < -0.3 is 4.90 Å². The number of rotatable bonds is 3. The second-order valence-corrected chi connectivity index (χ2v) is 5.72. The average molecular weight is 277 g/mol. The molecule has 2 atom stereocenters. The van der Waals surface area contributed by atoms with Crippen LogP contribution < -0.4 is 4.90 Å². The van der Waals surface area contributed by atoms with Gasteiger partial charge in [0.05, 0.1) is 17.6 Å². The fraction of sp³-hybridized carbons (Fsp3) is 0.643. The molecule has 6 heteroatoms. The number of anilines is 1. The van der Waals surface area contributed by atoms with Crippen LogP contribution in [0.5, 0.6) is 0 Å². The highest BCUT2D eigenvalue weighted by molar-refractivity contribution is 5.86. The number of fused-ring (bicyclic) bond motifs is 1. The van der Waals surface area contributed by atoms with E-state index in [1.54, 1.807) is 10.9 Å². The molecule has 2 heterocycles. The van der Waals surface area contributed by atoms with Crippen molar-refractivity contribution >= 4 is 16.9 Å². The fourth-order valence-corrected chi connectivity index (χ4v) is 3.15. The zero-order valence-corrected chi connectivity index (χ0v) is 12.1. The lowest BCUT2D eigenvalue weighted by atomic mass is 10.1. The summed E-state index contributed by atoms with van der Waals surface area (Å²) in [5.74, 6) is 0.799. The van der Waals surface area contributed by atoms with Crippen LogP contribution in [-0.2, 0) is 7.05 Å². The highest BCUT2D eigenvalue weighted by atomic mass is 19.1. The Hall–Kier alpha value is -1.72. The van der Waals surface area contributed by atoms with Crippen molar-refractivity contribution in [2.75, 3.05) is 4.90 Å². The minimum absolute atomic E-state index is 0.0895. The summed E-state index contributed by atoms with van der Waals surface area (Å²) in [6.07, 6.45) is 4.99. The second kappa shape index (κ2) is 5.00. The molecule has 2 aromatic heterocycles. The van der Waals surface area contributed by atoms with Crippen molar-refractivity contribution in [3.63, 3.8) is 0 Å².